The van der Waals surface area contributed by atoms with Gasteiger partial charge in [0.2, 0.25) is 23.3 Å². The summed E-state index contributed by atoms with van der Waals surface area (Å²) in [6.07, 6.45) is 0.639. The molecule has 0 fully saturated rings. The molecule has 3 rings (SSSR count). The molecule has 3 N–H and O–H groups in total. The van der Waals surface area contributed by atoms with Gasteiger partial charge in [0, 0.05) is 14.2 Å². The lowest BCUT2D eigenvalue weighted by Gasteiger charge is -2.03. The number of benzene rings is 2. The van der Waals surface area contributed by atoms with Gasteiger partial charge in [0.1, 0.15) is 5.69 Å². The maximum Gasteiger partial charge on any atom is 0.206 e. The zero-order valence-electron chi connectivity index (χ0n) is 15.9. The Balaban J connectivity index is 0.000000249. The van der Waals surface area contributed by atoms with Crippen LogP contribution in [0, 0.1) is 46.5 Å². The van der Waals surface area contributed by atoms with Gasteiger partial charge in [-0.1, -0.05) is 0 Å². The Morgan fingerprint density at radius 3 is 1.74 bits per heavy atom. The van der Waals surface area contributed by atoms with Crippen molar-refractivity contribution in [3.8, 4) is 5.75 Å². The number of nitrogen functional groups attached to an aromatic ring is 1. The third kappa shape index (κ3) is 5.52. The molecule has 31 heavy (non-hydrogen) atoms. The van der Waals surface area contributed by atoms with Crippen molar-refractivity contribution >= 4 is 16.8 Å². The van der Waals surface area contributed by atoms with Crippen LogP contribution in [-0.4, -0.2) is 30.6 Å². The Bertz CT molecular complexity index is 910. The molecule has 6 nitrogen and oxygen atoms in total. The molecule has 1 aromatic heterocycles. The highest BCUT2D eigenvalue weighted by Crippen LogP contribution is 2.31. The first-order chi connectivity index (χ1) is 14.4. The Labute approximate surface area is 168 Å². The minimum Gasteiger partial charge on any atom is -0.503 e. The zero-order chi connectivity index (χ0) is 24.0. The van der Waals surface area contributed by atoms with Crippen molar-refractivity contribution in [3.05, 3.63) is 52.9 Å². The van der Waals surface area contributed by atoms with E-state index in [0.717, 1.165) is 0 Å². The largest absolute Gasteiger partial charge is 0.503 e. The van der Waals surface area contributed by atoms with E-state index in [2.05, 4.69) is 24.6 Å². The number of anilines is 1. The number of rotatable bonds is 2. The molecule has 0 bridgehead atoms. The fraction of sp³-hybridized carbons (Fsp3) is 0.235. The molecule has 0 aliphatic carbocycles. The number of nitrogens with two attached hydrogens (primary N) is 1. The smallest absolute Gasteiger partial charge is 0.206 e. The van der Waals surface area contributed by atoms with Crippen LogP contribution in [0.15, 0.2) is 10.8 Å². The molecule has 0 amide bonds. The van der Waals surface area contributed by atoms with E-state index >= 15 is 0 Å². The third-order valence-corrected chi connectivity index (χ3v) is 3.49. The predicted octanol–water partition coefficient (Wildman–Crippen LogP) is 4.54. The number of nitrogens with zero attached hydrogens (tertiary/aromatic N) is 1. The summed E-state index contributed by atoms with van der Waals surface area (Å²) in [5, 5.41) is 8.55. The lowest BCUT2D eigenvalue weighted by molar-refractivity contribution is -0.0877. The van der Waals surface area contributed by atoms with Crippen LogP contribution < -0.4 is 5.73 Å². The van der Waals surface area contributed by atoms with Gasteiger partial charge in [-0.3, -0.25) is 0 Å². The van der Waals surface area contributed by atoms with Crippen LogP contribution in [0.4, 0.5) is 40.8 Å². The van der Waals surface area contributed by atoms with Crippen LogP contribution in [-0.2, 0) is 9.47 Å². The number of phenolic OH excluding ortho intramolecular Hbond substituents is 1. The van der Waals surface area contributed by atoms with Crippen molar-refractivity contribution in [1.82, 2.24) is 4.98 Å². The summed E-state index contributed by atoms with van der Waals surface area (Å²) >= 11 is 0. The molecule has 0 saturated carbocycles. The minimum atomic E-state index is -2.08. The molecule has 0 spiro atoms. The Hall–Kier alpha value is -3.13. The van der Waals surface area contributed by atoms with Crippen molar-refractivity contribution < 1.29 is 54.1 Å². The van der Waals surface area contributed by atoms with Gasteiger partial charge in [-0.25, -0.2) is 31.3 Å². The third-order valence-electron chi connectivity index (χ3n) is 3.49. The number of ether oxygens (including phenoxy) is 2. The number of phenols is 1. The summed E-state index contributed by atoms with van der Waals surface area (Å²) in [6, 6.07) is 0. The molecule has 0 unspecified atom stereocenters. The number of aromatic nitrogens is 1. The number of hydrogen-bond acceptors (Lipinski definition) is 6. The molecule has 0 aliphatic heterocycles. The van der Waals surface area contributed by atoms with Crippen LogP contribution >= 0.6 is 0 Å². The Morgan fingerprint density at radius 2 is 1.26 bits per heavy atom. The molecule has 1 heterocycles. The molecule has 0 atom stereocenters. The first kappa shape index (κ1) is 25.9. The number of oxazole rings is 1. The van der Waals surface area contributed by atoms with Crippen LogP contribution in [0.5, 0.6) is 5.75 Å². The molecule has 14 heteroatoms. The second-order valence-electron chi connectivity index (χ2n) is 5.34. The number of aromatic hydroxyl groups is 1. The van der Waals surface area contributed by atoms with E-state index in [4.69, 9.17) is 5.11 Å². The summed E-state index contributed by atoms with van der Waals surface area (Å²) in [5.74, 6) is -16.2. The van der Waals surface area contributed by atoms with Gasteiger partial charge in [-0.05, 0) is 6.92 Å². The van der Waals surface area contributed by atoms with Crippen molar-refractivity contribution in [3.63, 3.8) is 0 Å². The summed E-state index contributed by atoms with van der Waals surface area (Å²) in [7, 11) is 3.21. The van der Waals surface area contributed by atoms with E-state index in [1.165, 1.54) is 0 Å². The van der Waals surface area contributed by atoms with Crippen molar-refractivity contribution in [2.45, 2.75) is 13.2 Å². The molecular formula is C17H14F8N2O4. The molecule has 172 valence electrons. The van der Waals surface area contributed by atoms with E-state index in [1.54, 1.807) is 14.2 Å². The average Bonchev–Trinajstić information content (AvgIpc) is 3.28. The van der Waals surface area contributed by atoms with Crippen LogP contribution in [0.25, 0.3) is 11.1 Å². The summed E-state index contributed by atoms with van der Waals surface area (Å²) < 4.78 is 113. The van der Waals surface area contributed by atoms with Gasteiger partial charge in [0.05, 0.1) is 0 Å². The lowest BCUT2D eigenvalue weighted by Crippen LogP contribution is -2.05. The molecule has 2 aromatic carbocycles. The average molecular weight is 462 g/mol. The van der Waals surface area contributed by atoms with E-state index in [0.29, 0.717) is 6.39 Å². The van der Waals surface area contributed by atoms with E-state index in [1.807, 2.05) is 6.92 Å². The fourth-order valence-electron chi connectivity index (χ4n) is 1.69. The van der Waals surface area contributed by atoms with Crippen LogP contribution in [0.3, 0.4) is 0 Å². The Kier molecular flexibility index (Phi) is 9.00. The second kappa shape index (κ2) is 10.8. The van der Waals surface area contributed by atoms with Crippen LogP contribution in [0.2, 0.25) is 0 Å². The van der Waals surface area contributed by atoms with Gasteiger partial charge >= 0.3 is 0 Å². The molecule has 3 aromatic rings. The zero-order valence-corrected chi connectivity index (χ0v) is 15.9. The SMILES string of the molecule is COC(C)OC.Fc1c(F)c(F)c2ocnc2c1F.Nc1c(O)c(F)c(F)c(F)c1F. The summed E-state index contributed by atoms with van der Waals surface area (Å²) in [4.78, 5) is 3.19. The molecule has 0 saturated heterocycles. The monoisotopic (exact) mass is 462 g/mol. The Morgan fingerprint density at radius 1 is 0.806 bits per heavy atom. The maximum absolute atomic E-state index is 12.8. The number of halogens is 8. The minimum absolute atomic E-state index is 0.0648. The normalized spacial score (nSPS) is 10.6. The lowest BCUT2D eigenvalue weighted by atomic mass is 10.2. The topological polar surface area (TPSA) is 90.7 Å². The molecular weight excluding hydrogens is 448 g/mol. The first-order valence-corrected chi connectivity index (χ1v) is 7.81. The maximum atomic E-state index is 12.8. The second-order valence-corrected chi connectivity index (χ2v) is 5.34. The quantitative estimate of drug-likeness (QED) is 0.145. The van der Waals surface area contributed by atoms with Gasteiger partial charge in [0.25, 0.3) is 0 Å². The number of hydrogen-bond donors (Lipinski definition) is 2. The van der Waals surface area contributed by atoms with Gasteiger partial charge in [0.15, 0.2) is 52.8 Å². The molecule has 0 aliphatic rings. The van der Waals surface area contributed by atoms with Crippen molar-refractivity contribution in [2.75, 3.05) is 20.0 Å². The van der Waals surface area contributed by atoms with Gasteiger partial charge in [-0.2, -0.15) is 8.78 Å². The van der Waals surface area contributed by atoms with Gasteiger partial charge in [-0.15, -0.1) is 0 Å². The highest BCUT2D eigenvalue weighted by Gasteiger charge is 2.24. The number of fused-ring (bicyclic) bond motifs is 1. The standard InChI is InChI=1S/C7HF4NO.C6H3F4NO.C4H10O2/c8-2-3(9)5(11)7-6(4(2)10)12-1-13-7;7-1-2(8)4(10)6(12)5(11)3(1)9;1-4(5-2)6-3/h1H;12H,11H2;4H,1-3H3. The predicted molar refractivity (Wildman–Crippen MR) is 89.7 cm³/mol. The highest BCUT2D eigenvalue weighted by molar-refractivity contribution is 5.73. The summed E-state index contributed by atoms with van der Waals surface area (Å²) in [5.41, 5.74) is 2.15. The summed E-state index contributed by atoms with van der Waals surface area (Å²) in [6.45, 7) is 1.83. The van der Waals surface area contributed by atoms with E-state index < -0.39 is 69.1 Å². The van der Waals surface area contributed by atoms with Crippen molar-refractivity contribution in [2.24, 2.45) is 0 Å². The fourth-order valence-corrected chi connectivity index (χ4v) is 1.69. The van der Waals surface area contributed by atoms with Crippen molar-refractivity contribution in [1.29, 1.82) is 0 Å². The highest BCUT2D eigenvalue weighted by atomic mass is 19.2. The number of methoxy groups -OCH3 is 2. The van der Waals surface area contributed by atoms with Crippen LogP contribution in [0.1, 0.15) is 6.92 Å². The van der Waals surface area contributed by atoms with E-state index in [9.17, 15) is 35.1 Å². The molecule has 0 radical (unpaired) electrons. The van der Waals surface area contributed by atoms with E-state index in [-0.39, 0.29) is 6.29 Å². The first-order valence-electron chi connectivity index (χ1n) is 7.81. The van der Waals surface area contributed by atoms with Gasteiger partial charge < -0.3 is 24.7 Å².